The minimum Gasteiger partial charge on any atom is -0.484 e. The van der Waals surface area contributed by atoms with Crippen LogP contribution in [0.1, 0.15) is 32.6 Å². The maximum Gasteiger partial charge on any atom is 0.436 e. The molecule has 0 unspecified atom stereocenters. The van der Waals surface area contributed by atoms with Crippen LogP contribution in [0.15, 0.2) is 44.9 Å². The Morgan fingerprint density at radius 2 is 1.83 bits per heavy atom. The molecule has 0 bridgehead atoms. The number of thiophene rings is 1. The second-order valence-corrected chi connectivity index (χ2v) is 13.2. The second-order valence-electron chi connectivity index (χ2n) is 10.2. The first-order valence-electron chi connectivity index (χ1n) is 12.9. The van der Waals surface area contributed by atoms with Crippen LogP contribution in [0.4, 0.5) is 4.79 Å². The van der Waals surface area contributed by atoms with E-state index < -0.39 is 11.7 Å². The zero-order chi connectivity index (χ0) is 29.7. The van der Waals surface area contributed by atoms with E-state index in [4.69, 9.17) is 20.2 Å². The van der Waals surface area contributed by atoms with Gasteiger partial charge in [-0.2, -0.15) is 4.99 Å². The van der Waals surface area contributed by atoms with Gasteiger partial charge in [0.1, 0.15) is 22.2 Å². The maximum atomic E-state index is 12.6. The Morgan fingerprint density at radius 3 is 2.49 bits per heavy atom. The molecule has 0 saturated carbocycles. The van der Waals surface area contributed by atoms with Crippen LogP contribution in [0.3, 0.4) is 0 Å². The number of carbonyl (C=O) groups excluding carboxylic acids is 3. The van der Waals surface area contributed by atoms with E-state index in [1.165, 1.54) is 29.6 Å². The van der Waals surface area contributed by atoms with Gasteiger partial charge >= 0.3 is 6.09 Å². The lowest BCUT2D eigenvalue weighted by atomic mass is 10.1. The van der Waals surface area contributed by atoms with Crippen molar-refractivity contribution < 1.29 is 23.9 Å². The fourth-order valence-electron chi connectivity index (χ4n) is 4.02. The Kier molecular flexibility index (Phi) is 9.72. The molecule has 1 aliphatic rings. The first-order chi connectivity index (χ1) is 19.4. The summed E-state index contributed by atoms with van der Waals surface area (Å²) in [6.07, 6.45) is 1.24. The van der Waals surface area contributed by atoms with E-state index in [1.807, 2.05) is 42.0 Å². The Morgan fingerprint density at radius 1 is 1.12 bits per heavy atom. The van der Waals surface area contributed by atoms with Crippen LogP contribution in [-0.2, 0) is 14.3 Å². The fraction of sp³-hybridized carbons (Fsp3) is 0.393. The largest absolute Gasteiger partial charge is 0.484 e. The van der Waals surface area contributed by atoms with Crippen LogP contribution in [0, 0.1) is 0 Å². The SMILES string of the molecule is CSc1sc(C(N)=NC(=O)OC(C)(C)C)cc1-c1nc(-c2cccc(OCC(=O)N3CCN(C(C)=O)CC3)c2)cs1. The lowest BCUT2D eigenvalue weighted by Crippen LogP contribution is -2.51. The van der Waals surface area contributed by atoms with Crippen molar-refractivity contribution in [2.45, 2.75) is 37.5 Å². The van der Waals surface area contributed by atoms with Crippen molar-refractivity contribution in [1.29, 1.82) is 0 Å². The molecule has 1 saturated heterocycles. The summed E-state index contributed by atoms with van der Waals surface area (Å²) in [6.45, 7) is 8.86. The summed E-state index contributed by atoms with van der Waals surface area (Å²) in [5.74, 6) is 0.585. The summed E-state index contributed by atoms with van der Waals surface area (Å²) in [5, 5.41) is 2.77. The van der Waals surface area contributed by atoms with E-state index >= 15 is 0 Å². The molecule has 218 valence electrons. The summed E-state index contributed by atoms with van der Waals surface area (Å²) < 4.78 is 12.1. The topological polar surface area (TPSA) is 127 Å². The van der Waals surface area contributed by atoms with Crippen molar-refractivity contribution in [3.05, 3.63) is 40.6 Å². The number of thiazole rings is 1. The quantitative estimate of drug-likeness (QED) is 0.224. The van der Waals surface area contributed by atoms with E-state index in [2.05, 4.69) is 4.99 Å². The number of aliphatic imine (C=N–C) groups is 1. The van der Waals surface area contributed by atoms with Crippen LogP contribution >= 0.6 is 34.4 Å². The molecule has 1 fully saturated rings. The molecule has 0 aliphatic carbocycles. The molecule has 0 spiro atoms. The van der Waals surface area contributed by atoms with Gasteiger partial charge in [-0.25, -0.2) is 9.78 Å². The predicted molar refractivity (Wildman–Crippen MR) is 164 cm³/mol. The van der Waals surface area contributed by atoms with Crippen LogP contribution in [0.25, 0.3) is 21.8 Å². The molecule has 2 aromatic heterocycles. The summed E-state index contributed by atoms with van der Waals surface area (Å²) in [5.41, 5.74) is 8.03. The number of nitrogens with two attached hydrogens (primary N) is 1. The summed E-state index contributed by atoms with van der Waals surface area (Å²) in [6, 6.07) is 9.36. The van der Waals surface area contributed by atoms with Crippen molar-refractivity contribution >= 4 is 58.2 Å². The number of nitrogens with zero attached hydrogens (tertiary/aromatic N) is 4. The number of aromatic nitrogens is 1. The molecule has 3 heterocycles. The minimum absolute atomic E-state index is 0.0237. The molecule has 3 amide bonds. The number of hydrogen-bond acceptors (Lipinski definition) is 9. The van der Waals surface area contributed by atoms with Crippen LogP contribution < -0.4 is 10.5 Å². The number of ether oxygens (including phenoxy) is 2. The number of amides is 3. The van der Waals surface area contributed by atoms with Crippen molar-refractivity contribution in [2.24, 2.45) is 10.7 Å². The van der Waals surface area contributed by atoms with Crippen molar-refractivity contribution in [3.63, 3.8) is 0 Å². The highest BCUT2D eigenvalue weighted by atomic mass is 32.2. The lowest BCUT2D eigenvalue weighted by molar-refractivity contribution is -0.139. The van der Waals surface area contributed by atoms with E-state index in [0.29, 0.717) is 36.8 Å². The van der Waals surface area contributed by atoms with Gasteiger partial charge in [-0.1, -0.05) is 12.1 Å². The molecule has 3 aromatic rings. The molecule has 0 atom stereocenters. The second kappa shape index (κ2) is 13.0. The molecule has 41 heavy (non-hydrogen) atoms. The predicted octanol–water partition coefficient (Wildman–Crippen LogP) is 4.97. The third-order valence-electron chi connectivity index (χ3n) is 6.05. The van der Waals surface area contributed by atoms with Gasteiger partial charge in [0.2, 0.25) is 5.91 Å². The molecule has 4 rings (SSSR count). The first kappa shape index (κ1) is 30.5. The number of rotatable bonds is 7. The highest BCUT2D eigenvalue weighted by Gasteiger charge is 2.23. The number of thioether (sulfide) groups is 1. The standard InChI is InChI=1S/C28H33N5O5S3/c1-17(34)32-9-11-33(12-10-32)23(35)15-37-19-8-6-7-18(13-19)21-16-40-25(30-21)20-14-22(41-26(20)39-5)24(29)31-27(36)38-28(2,3)4/h6-8,13-14,16H,9-12,15H2,1-5H3,(H2,29,31,36). The minimum atomic E-state index is -0.730. The molecule has 13 heteroatoms. The molecule has 2 N–H and O–H groups in total. The summed E-state index contributed by atoms with van der Waals surface area (Å²) >= 11 is 4.51. The van der Waals surface area contributed by atoms with Gasteiger partial charge in [-0.15, -0.1) is 34.4 Å². The van der Waals surface area contributed by atoms with Gasteiger partial charge < -0.3 is 25.0 Å². The lowest BCUT2D eigenvalue weighted by Gasteiger charge is -2.34. The van der Waals surface area contributed by atoms with Gasteiger partial charge in [-0.05, 0) is 45.2 Å². The molecule has 0 radical (unpaired) electrons. The maximum absolute atomic E-state index is 12.6. The zero-order valence-electron chi connectivity index (χ0n) is 23.6. The highest BCUT2D eigenvalue weighted by Crippen LogP contribution is 2.40. The highest BCUT2D eigenvalue weighted by molar-refractivity contribution is 8.00. The summed E-state index contributed by atoms with van der Waals surface area (Å²) in [4.78, 5) is 49.1. The zero-order valence-corrected chi connectivity index (χ0v) is 26.1. The van der Waals surface area contributed by atoms with Gasteiger partial charge in [-0.3, -0.25) is 9.59 Å². The van der Waals surface area contributed by atoms with Crippen molar-refractivity contribution in [1.82, 2.24) is 14.8 Å². The monoisotopic (exact) mass is 615 g/mol. The molecule has 10 nitrogen and oxygen atoms in total. The molecular formula is C28H33N5O5S3. The Balaban J connectivity index is 1.43. The molecular weight excluding hydrogens is 583 g/mol. The number of piperazine rings is 1. The number of amidine groups is 1. The van der Waals surface area contributed by atoms with Crippen molar-refractivity contribution in [3.8, 4) is 27.6 Å². The smallest absolute Gasteiger partial charge is 0.436 e. The Hall–Kier alpha value is -3.42. The van der Waals surface area contributed by atoms with Crippen molar-refractivity contribution in [2.75, 3.05) is 39.0 Å². The van der Waals surface area contributed by atoms with Gasteiger partial charge in [0.25, 0.3) is 5.91 Å². The molecule has 1 aromatic carbocycles. The third-order valence-corrected chi connectivity index (χ3v) is 9.21. The number of benzene rings is 1. The average molecular weight is 616 g/mol. The average Bonchev–Trinajstić information content (AvgIpc) is 3.58. The first-order valence-corrected chi connectivity index (χ1v) is 15.8. The van der Waals surface area contributed by atoms with Gasteiger partial charge in [0, 0.05) is 49.6 Å². The Bertz CT molecular complexity index is 1450. The van der Waals surface area contributed by atoms with E-state index in [0.717, 1.165) is 26.0 Å². The van der Waals surface area contributed by atoms with Crippen LogP contribution in [-0.4, -0.2) is 83.2 Å². The normalized spacial score (nSPS) is 14.2. The van der Waals surface area contributed by atoms with E-state index in [1.54, 1.807) is 42.3 Å². The molecule has 1 aliphatic heterocycles. The van der Waals surface area contributed by atoms with Crippen LogP contribution in [0.5, 0.6) is 5.75 Å². The van der Waals surface area contributed by atoms with Gasteiger partial charge in [0.05, 0.1) is 14.8 Å². The fourth-order valence-corrected chi connectivity index (χ4v) is 6.77. The Labute approximate surface area is 251 Å². The van der Waals surface area contributed by atoms with E-state index in [-0.39, 0.29) is 24.3 Å². The number of carbonyl (C=O) groups is 3. The third kappa shape index (κ3) is 8.08. The van der Waals surface area contributed by atoms with Crippen LogP contribution in [0.2, 0.25) is 0 Å². The summed E-state index contributed by atoms with van der Waals surface area (Å²) in [7, 11) is 0. The van der Waals surface area contributed by atoms with E-state index in [9.17, 15) is 14.4 Å². The van der Waals surface area contributed by atoms with Gasteiger partial charge in [0.15, 0.2) is 6.61 Å². The number of hydrogen-bond donors (Lipinski definition) is 1.